The largest absolute Gasteiger partial charge is 0.497 e. The summed E-state index contributed by atoms with van der Waals surface area (Å²) in [5.41, 5.74) is 3.24. The third-order valence-electron chi connectivity index (χ3n) is 6.91. The van der Waals surface area contributed by atoms with Gasteiger partial charge in [-0.25, -0.2) is 9.97 Å². The second-order valence-corrected chi connectivity index (χ2v) is 9.46. The van der Waals surface area contributed by atoms with Gasteiger partial charge < -0.3 is 25.3 Å². The minimum absolute atomic E-state index is 0.0401. The summed E-state index contributed by atoms with van der Waals surface area (Å²) < 4.78 is 5.27. The molecule has 0 unspecified atom stereocenters. The van der Waals surface area contributed by atoms with Crippen LogP contribution in [-0.2, 0) is 4.79 Å². The second kappa shape index (κ2) is 11.3. The highest BCUT2D eigenvalue weighted by atomic mass is 16.5. The summed E-state index contributed by atoms with van der Waals surface area (Å²) in [5, 5.41) is 6.82. The molecule has 9 nitrogen and oxygen atoms in total. The van der Waals surface area contributed by atoms with Crippen LogP contribution in [0.2, 0.25) is 0 Å². The van der Waals surface area contributed by atoms with Crippen LogP contribution in [0.25, 0.3) is 22.4 Å². The Kier molecular flexibility index (Phi) is 7.53. The number of benzene rings is 2. The lowest BCUT2D eigenvalue weighted by molar-refractivity contribution is -0.118. The van der Waals surface area contributed by atoms with E-state index in [2.05, 4.69) is 27.8 Å². The minimum Gasteiger partial charge on any atom is -0.497 e. The van der Waals surface area contributed by atoms with Gasteiger partial charge in [0, 0.05) is 38.7 Å². The molecule has 0 radical (unpaired) electrons. The van der Waals surface area contributed by atoms with Crippen LogP contribution in [0.3, 0.4) is 0 Å². The lowest BCUT2D eigenvalue weighted by Gasteiger charge is -2.32. The smallest absolute Gasteiger partial charge is 0.270 e. The molecule has 0 atom stereocenters. The van der Waals surface area contributed by atoms with Crippen LogP contribution in [0, 0.1) is 0 Å². The van der Waals surface area contributed by atoms with E-state index >= 15 is 0 Å². The first-order valence-electron chi connectivity index (χ1n) is 12.9. The number of piperidine rings is 1. The molecule has 0 saturated carbocycles. The molecule has 2 aromatic carbocycles. The first-order chi connectivity index (χ1) is 18.5. The van der Waals surface area contributed by atoms with E-state index < -0.39 is 0 Å². The summed E-state index contributed by atoms with van der Waals surface area (Å²) in [6.45, 7) is 3.82. The van der Waals surface area contributed by atoms with E-state index in [-0.39, 0.29) is 11.8 Å². The molecule has 9 heteroatoms. The van der Waals surface area contributed by atoms with Crippen molar-refractivity contribution in [3.05, 3.63) is 71.9 Å². The average molecular weight is 513 g/mol. The number of hydrogen-bond acceptors (Lipinski definition) is 6. The molecule has 5 rings (SSSR count). The van der Waals surface area contributed by atoms with E-state index in [1.165, 1.54) is 12.5 Å². The number of H-pyrrole nitrogens is 1. The Bertz CT molecular complexity index is 1410. The normalized spacial score (nSPS) is 13.9. The van der Waals surface area contributed by atoms with Crippen LogP contribution in [-0.4, -0.2) is 65.0 Å². The number of nitrogens with zero attached hydrogens (tertiary/aromatic N) is 3. The first kappa shape index (κ1) is 25.3. The number of carbonyl (C=O) groups is 2. The van der Waals surface area contributed by atoms with E-state index in [9.17, 15) is 9.59 Å². The van der Waals surface area contributed by atoms with Gasteiger partial charge in [-0.15, -0.1) is 0 Å². The van der Waals surface area contributed by atoms with Crippen molar-refractivity contribution in [2.24, 2.45) is 0 Å². The lowest BCUT2D eigenvalue weighted by atomic mass is 9.89. The molecular weight excluding hydrogens is 480 g/mol. The Morgan fingerprint density at radius 2 is 1.76 bits per heavy atom. The standard InChI is InChI=1S/C29H32N6O3/c1-19(36)30-14-15-31-27-24-18-25(32-28(24)34-26(33-27)22-6-4-3-5-7-22)29(37)35-16-12-21(13-17-35)20-8-10-23(38-2)11-9-20/h3-11,18,21H,12-17H2,1-2H3,(H,30,36)(H2,31,32,33,34). The number of aromatic nitrogens is 3. The van der Waals surface area contributed by atoms with Gasteiger partial charge in [0.05, 0.1) is 12.5 Å². The van der Waals surface area contributed by atoms with Gasteiger partial charge in [-0.2, -0.15) is 0 Å². The zero-order valence-electron chi connectivity index (χ0n) is 21.7. The average Bonchev–Trinajstić information content (AvgIpc) is 3.40. The molecule has 0 spiro atoms. The minimum atomic E-state index is -0.0881. The van der Waals surface area contributed by atoms with Gasteiger partial charge in [-0.05, 0) is 42.5 Å². The number of rotatable bonds is 8. The van der Waals surface area contributed by atoms with Gasteiger partial charge in [-0.1, -0.05) is 42.5 Å². The van der Waals surface area contributed by atoms with Crippen molar-refractivity contribution in [3.8, 4) is 17.1 Å². The fourth-order valence-electron chi connectivity index (χ4n) is 4.86. The molecule has 0 bridgehead atoms. The molecule has 4 aromatic rings. The van der Waals surface area contributed by atoms with Crippen molar-refractivity contribution < 1.29 is 14.3 Å². The lowest BCUT2D eigenvalue weighted by Crippen LogP contribution is -2.38. The Labute approximate surface area is 221 Å². The van der Waals surface area contributed by atoms with Crippen LogP contribution >= 0.6 is 0 Å². The molecule has 196 valence electrons. The van der Waals surface area contributed by atoms with Crippen LogP contribution in [0.15, 0.2) is 60.7 Å². The van der Waals surface area contributed by atoms with E-state index in [0.717, 1.165) is 29.5 Å². The van der Waals surface area contributed by atoms with Crippen molar-refractivity contribution in [1.29, 1.82) is 0 Å². The summed E-state index contributed by atoms with van der Waals surface area (Å²) in [5.74, 6) is 2.32. The molecule has 2 amide bonds. The van der Waals surface area contributed by atoms with Crippen molar-refractivity contribution in [2.45, 2.75) is 25.7 Å². The number of amides is 2. The third-order valence-corrected chi connectivity index (χ3v) is 6.91. The fourth-order valence-corrected chi connectivity index (χ4v) is 4.86. The Hall–Kier alpha value is -4.40. The number of aromatic amines is 1. The molecule has 2 aromatic heterocycles. The molecule has 3 N–H and O–H groups in total. The van der Waals surface area contributed by atoms with Crippen LogP contribution < -0.4 is 15.4 Å². The summed E-state index contributed by atoms with van der Waals surface area (Å²) >= 11 is 0. The maximum absolute atomic E-state index is 13.5. The molecule has 1 saturated heterocycles. The maximum atomic E-state index is 13.5. The summed E-state index contributed by atoms with van der Waals surface area (Å²) in [4.78, 5) is 39.3. The zero-order chi connectivity index (χ0) is 26.5. The quantitative estimate of drug-likeness (QED) is 0.305. The van der Waals surface area contributed by atoms with Gasteiger partial charge in [-0.3, -0.25) is 9.59 Å². The van der Waals surface area contributed by atoms with Gasteiger partial charge >= 0.3 is 0 Å². The number of carbonyl (C=O) groups excluding carboxylic acids is 2. The zero-order valence-corrected chi connectivity index (χ0v) is 21.7. The Balaban J connectivity index is 1.34. The van der Waals surface area contributed by atoms with E-state index in [4.69, 9.17) is 14.7 Å². The molecule has 1 aliphatic heterocycles. The highest BCUT2D eigenvalue weighted by Gasteiger charge is 2.26. The van der Waals surface area contributed by atoms with Gasteiger partial charge in [0.2, 0.25) is 5.91 Å². The SMILES string of the molecule is COc1ccc(C2CCN(C(=O)c3cc4c(NCCNC(C)=O)nc(-c5ccccc5)nc4[nH]3)CC2)cc1. The number of methoxy groups -OCH3 is 1. The van der Waals surface area contributed by atoms with Gasteiger partial charge in [0.15, 0.2) is 5.82 Å². The molecule has 1 aliphatic rings. The monoisotopic (exact) mass is 512 g/mol. The summed E-state index contributed by atoms with van der Waals surface area (Å²) in [6, 6.07) is 19.7. The van der Waals surface area contributed by atoms with Crippen molar-refractivity contribution in [3.63, 3.8) is 0 Å². The summed E-state index contributed by atoms with van der Waals surface area (Å²) in [6.07, 6.45) is 1.82. The van der Waals surface area contributed by atoms with Crippen molar-refractivity contribution >= 4 is 28.7 Å². The predicted octanol–water partition coefficient (Wildman–Crippen LogP) is 4.20. The van der Waals surface area contributed by atoms with Crippen molar-refractivity contribution in [2.75, 3.05) is 38.6 Å². The van der Waals surface area contributed by atoms with Gasteiger partial charge in [0.1, 0.15) is 22.9 Å². The van der Waals surface area contributed by atoms with E-state index in [1.54, 1.807) is 7.11 Å². The van der Waals surface area contributed by atoms with Crippen LogP contribution in [0.5, 0.6) is 5.75 Å². The fraction of sp³-hybridized carbons (Fsp3) is 0.310. The number of likely N-dealkylation sites (tertiary alicyclic amines) is 1. The molecule has 3 heterocycles. The number of hydrogen-bond donors (Lipinski definition) is 3. The van der Waals surface area contributed by atoms with E-state index in [1.807, 2.05) is 53.4 Å². The van der Waals surface area contributed by atoms with Crippen LogP contribution in [0.1, 0.15) is 41.7 Å². The summed E-state index contributed by atoms with van der Waals surface area (Å²) in [7, 11) is 1.67. The Morgan fingerprint density at radius 1 is 1.03 bits per heavy atom. The highest BCUT2D eigenvalue weighted by Crippen LogP contribution is 2.31. The molecule has 1 fully saturated rings. The van der Waals surface area contributed by atoms with Gasteiger partial charge in [0.25, 0.3) is 5.91 Å². The number of nitrogens with one attached hydrogen (secondary N) is 3. The maximum Gasteiger partial charge on any atom is 0.270 e. The van der Waals surface area contributed by atoms with Crippen molar-refractivity contribution in [1.82, 2.24) is 25.2 Å². The second-order valence-electron chi connectivity index (χ2n) is 9.46. The first-order valence-corrected chi connectivity index (χ1v) is 12.9. The number of anilines is 1. The van der Waals surface area contributed by atoms with E-state index in [0.29, 0.717) is 55.1 Å². The Morgan fingerprint density at radius 3 is 2.45 bits per heavy atom. The molecule has 0 aliphatic carbocycles. The van der Waals surface area contributed by atoms with Crippen LogP contribution in [0.4, 0.5) is 5.82 Å². The predicted molar refractivity (Wildman–Crippen MR) is 147 cm³/mol. The number of fused-ring (bicyclic) bond motifs is 1. The third kappa shape index (κ3) is 5.61. The molecule has 38 heavy (non-hydrogen) atoms. The number of ether oxygens (including phenoxy) is 1. The molecular formula is C29H32N6O3. The topological polar surface area (TPSA) is 112 Å². The highest BCUT2D eigenvalue weighted by molar-refractivity contribution is 6.00.